The Morgan fingerprint density at radius 3 is 2.74 bits per heavy atom. The van der Waals surface area contributed by atoms with Crippen molar-refractivity contribution in [1.82, 2.24) is 19.5 Å². The van der Waals surface area contributed by atoms with E-state index in [9.17, 15) is 24.6 Å². The predicted octanol–water partition coefficient (Wildman–Crippen LogP) is -1.55. The maximum Gasteiger partial charge on any atom is 0.326 e. The van der Waals surface area contributed by atoms with Crippen molar-refractivity contribution in [3.8, 4) is 0 Å². The molecule has 3 heterocycles. The van der Waals surface area contributed by atoms with Crippen LogP contribution in [-0.4, -0.2) is 64.5 Å². The number of rotatable bonds is 4. The molecule has 0 radical (unpaired) electrons. The summed E-state index contributed by atoms with van der Waals surface area (Å²) in [6.45, 7) is -0.487. The van der Waals surface area contributed by atoms with E-state index in [1.54, 1.807) is 0 Å². The molecule has 12 heteroatoms. The van der Waals surface area contributed by atoms with Gasteiger partial charge < -0.3 is 30.5 Å². The molecule has 4 atom stereocenters. The molecule has 2 aromatic rings. The lowest BCUT2D eigenvalue weighted by Gasteiger charge is -2.21. The molecule has 0 amide bonds. The first-order chi connectivity index (χ1) is 10.8. The van der Waals surface area contributed by atoms with Crippen LogP contribution in [0, 0.1) is 5.92 Å². The molecular weight excluding hydrogens is 329 g/mol. The first kappa shape index (κ1) is 16.2. The minimum atomic E-state index is -4.41. The highest BCUT2D eigenvalue weighted by Crippen LogP contribution is 2.46. The number of aliphatic hydroxyl groups excluding tert-OH is 2. The number of nitrogens with two attached hydrogens (primary N) is 1. The van der Waals surface area contributed by atoms with Crippen molar-refractivity contribution in [2.75, 3.05) is 18.5 Å². The molecule has 23 heavy (non-hydrogen) atoms. The van der Waals surface area contributed by atoms with Crippen LogP contribution in [0.15, 0.2) is 12.7 Å². The van der Waals surface area contributed by atoms with Crippen molar-refractivity contribution in [3.63, 3.8) is 0 Å². The molecule has 11 nitrogen and oxygen atoms in total. The lowest BCUT2D eigenvalue weighted by molar-refractivity contribution is -0.0447. The molecule has 1 saturated heterocycles. The number of fused-ring (bicyclic) bond motifs is 1. The van der Waals surface area contributed by atoms with E-state index in [0.29, 0.717) is 11.2 Å². The predicted molar refractivity (Wildman–Crippen MR) is 77.1 cm³/mol. The van der Waals surface area contributed by atoms with Crippen molar-refractivity contribution in [3.05, 3.63) is 12.7 Å². The Hall–Kier alpha value is -1.62. The fourth-order valence-corrected chi connectivity index (χ4v) is 3.70. The molecule has 1 aliphatic heterocycles. The quantitative estimate of drug-likeness (QED) is 0.408. The van der Waals surface area contributed by atoms with Crippen molar-refractivity contribution < 1.29 is 29.3 Å². The molecule has 0 aromatic carbocycles. The van der Waals surface area contributed by atoms with Gasteiger partial charge in [-0.3, -0.25) is 9.13 Å². The van der Waals surface area contributed by atoms with Gasteiger partial charge in [-0.05, 0) is 0 Å². The van der Waals surface area contributed by atoms with Crippen LogP contribution in [0.25, 0.3) is 11.2 Å². The maximum absolute atomic E-state index is 11.4. The second kappa shape index (κ2) is 5.78. The summed E-state index contributed by atoms with van der Waals surface area (Å²) in [5.41, 5.74) is 6.33. The number of ether oxygens (including phenoxy) is 1. The van der Waals surface area contributed by atoms with E-state index >= 15 is 0 Å². The van der Waals surface area contributed by atoms with Gasteiger partial charge in [-0.1, -0.05) is 0 Å². The summed E-state index contributed by atoms with van der Waals surface area (Å²) >= 11 is 0. The molecule has 0 saturated carbocycles. The minimum Gasteiger partial charge on any atom is -0.394 e. The van der Waals surface area contributed by atoms with Gasteiger partial charge >= 0.3 is 7.60 Å². The van der Waals surface area contributed by atoms with Crippen LogP contribution in [0.3, 0.4) is 0 Å². The summed E-state index contributed by atoms with van der Waals surface area (Å²) in [7, 11) is -4.41. The van der Waals surface area contributed by atoms with Gasteiger partial charge in [-0.2, -0.15) is 0 Å². The zero-order chi connectivity index (χ0) is 16.8. The van der Waals surface area contributed by atoms with Crippen LogP contribution in [0.2, 0.25) is 0 Å². The van der Waals surface area contributed by atoms with Crippen LogP contribution >= 0.6 is 7.60 Å². The average Bonchev–Trinajstić information content (AvgIpc) is 3.01. The van der Waals surface area contributed by atoms with E-state index in [4.69, 9.17) is 10.5 Å². The summed E-state index contributed by atoms with van der Waals surface area (Å²) in [6, 6.07) is 0. The van der Waals surface area contributed by atoms with Gasteiger partial charge in [-0.25, -0.2) is 15.0 Å². The molecular formula is C11H16N5O6P. The maximum atomic E-state index is 11.4. The summed E-state index contributed by atoms with van der Waals surface area (Å²) in [5.74, 6) is -0.792. The highest BCUT2D eigenvalue weighted by Gasteiger charge is 2.47. The number of aliphatic hydroxyl groups is 2. The van der Waals surface area contributed by atoms with E-state index in [0.717, 1.165) is 0 Å². The van der Waals surface area contributed by atoms with Crippen molar-refractivity contribution in [1.29, 1.82) is 0 Å². The van der Waals surface area contributed by atoms with E-state index in [2.05, 4.69) is 15.0 Å². The number of hydrogen-bond donors (Lipinski definition) is 5. The average molecular weight is 345 g/mol. The molecule has 1 aliphatic rings. The molecule has 1 fully saturated rings. The normalized spacial score (nSPS) is 28.5. The second-order valence-electron chi connectivity index (χ2n) is 5.33. The fourth-order valence-electron chi connectivity index (χ4n) is 2.76. The highest BCUT2D eigenvalue weighted by atomic mass is 31.2. The summed E-state index contributed by atoms with van der Waals surface area (Å²) in [5, 5.41) is 19.5. The number of anilines is 1. The Bertz CT molecular complexity index is 762. The van der Waals surface area contributed by atoms with Crippen LogP contribution in [0.5, 0.6) is 0 Å². The zero-order valence-corrected chi connectivity index (χ0v) is 12.7. The Kier molecular flexibility index (Phi) is 4.08. The lowest BCUT2D eigenvalue weighted by atomic mass is 10.0. The summed E-state index contributed by atoms with van der Waals surface area (Å²) in [4.78, 5) is 30.4. The monoisotopic (exact) mass is 345 g/mol. The topological polar surface area (TPSA) is 177 Å². The van der Waals surface area contributed by atoms with Crippen LogP contribution in [0.1, 0.15) is 6.23 Å². The zero-order valence-electron chi connectivity index (χ0n) is 11.8. The Morgan fingerprint density at radius 2 is 2.09 bits per heavy atom. The SMILES string of the molecule is Nc1ncnc2c1ncn2C1OC(CO)C(O)C1CP(=O)(O)O. The fraction of sp³-hybridized carbons (Fsp3) is 0.545. The number of aromatic nitrogens is 4. The van der Waals surface area contributed by atoms with Gasteiger partial charge in [0.25, 0.3) is 0 Å². The third-order valence-electron chi connectivity index (χ3n) is 3.79. The third-order valence-corrected chi connectivity index (χ3v) is 4.69. The molecule has 3 rings (SSSR count). The van der Waals surface area contributed by atoms with Gasteiger partial charge in [0, 0.05) is 5.92 Å². The van der Waals surface area contributed by atoms with E-state index < -0.39 is 44.7 Å². The summed E-state index contributed by atoms with van der Waals surface area (Å²) in [6.07, 6.45) is -1.19. The Balaban J connectivity index is 2.04. The van der Waals surface area contributed by atoms with Crippen LogP contribution in [0.4, 0.5) is 5.82 Å². The molecule has 126 valence electrons. The molecule has 2 aromatic heterocycles. The molecule has 0 bridgehead atoms. The van der Waals surface area contributed by atoms with Crippen molar-refractivity contribution in [2.45, 2.75) is 18.4 Å². The number of nitrogens with zero attached hydrogens (tertiary/aromatic N) is 4. The number of hydrogen-bond acceptors (Lipinski definition) is 8. The smallest absolute Gasteiger partial charge is 0.326 e. The van der Waals surface area contributed by atoms with Gasteiger partial charge in [0.05, 0.1) is 25.2 Å². The first-order valence-electron chi connectivity index (χ1n) is 6.74. The lowest BCUT2D eigenvalue weighted by Crippen LogP contribution is -2.31. The molecule has 4 unspecified atom stereocenters. The second-order valence-corrected chi connectivity index (χ2v) is 7.03. The largest absolute Gasteiger partial charge is 0.394 e. The van der Waals surface area contributed by atoms with E-state index in [1.165, 1.54) is 17.2 Å². The number of nitrogen functional groups attached to an aromatic ring is 1. The van der Waals surface area contributed by atoms with Crippen LogP contribution in [-0.2, 0) is 9.30 Å². The van der Waals surface area contributed by atoms with Gasteiger partial charge in [-0.15, -0.1) is 0 Å². The van der Waals surface area contributed by atoms with Gasteiger partial charge in [0.1, 0.15) is 24.2 Å². The summed E-state index contributed by atoms with van der Waals surface area (Å²) < 4.78 is 18.3. The minimum absolute atomic E-state index is 0.151. The first-order valence-corrected chi connectivity index (χ1v) is 8.53. The third kappa shape index (κ3) is 2.94. The standard InChI is InChI=1S/C11H16N5O6P/c12-9-7-10(14-3-13-9)16(4-15-7)11-5(2-23(19,20)21)8(18)6(1-17)22-11/h3-6,8,11,17-18H,1-2H2,(H2,12,13,14)(H2,19,20,21). The molecule has 6 N–H and O–H groups in total. The van der Waals surface area contributed by atoms with Gasteiger partial charge in [0.15, 0.2) is 11.5 Å². The van der Waals surface area contributed by atoms with Gasteiger partial charge in [0.2, 0.25) is 0 Å². The number of imidazole rings is 1. The Morgan fingerprint density at radius 1 is 1.35 bits per heavy atom. The Labute approximate surface area is 129 Å². The van der Waals surface area contributed by atoms with Crippen molar-refractivity contribution in [2.24, 2.45) is 5.92 Å². The van der Waals surface area contributed by atoms with E-state index in [1.807, 2.05) is 0 Å². The van der Waals surface area contributed by atoms with Crippen LogP contribution < -0.4 is 5.73 Å². The molecule has 0 aliphatic carbocycles. The molecule has 0 spiro atoms. The van der Waals surface area contributed by atoms with Crippen molar-refractivity contribution >= 4 is 24.6 Å². The van der Waals surface area contributed by atoms with E-state index in [-0.39, 0.29) is 5.82 Å². The highest BCUT2D eigenvalue weighted by molar-refractivity contribution is 7.51.